The molecule has 2 aromatic rings. The topological polar surface area (TPSA) is 76.6 Å². The fourth-order valence-corrected chi connectivity index (χ4v) is 3.39. The van der Waals surface area contributed by atoms with Crippen molar-refractivity contribution >= 4 is 11.6 Å². The SMILES string of the molecule is CCOCC(=O)N[C@H]1CCN(c2cccc(Oc3cnc(C4CC4)nc3)c2)C1. The third-order valence-electron chi connectivity index (χ3n) is 5.00. The number of rotatable bonds is 8. The van der Waals surface area contributed by atoms with E-state index in [1.165, 1.54) is 12.8 Å². The van der Waals surface area contributed by atoms with Crippen LogP contribution >= 0.6 is 0 Å². The molecule has 1 saturated carbocycles. The molecule has 1 aliphatic carbocycles. The third kappa shape index (κ3) is 4.78. The molecule has 1 N–H and O–H groups in total. The van der Waals surface area contributed by atoms with Gasteiger partial charge in [0, 0.05) is 43.4 Å². The zero-order valence-electron chi connectivity index (χ0n) is 16.1. The van der Waals surface area contributed by atoms with Crippen LogP contribution in [0.2, 0.25) is 0 Å². The number of nitrogens with one attached hydrogen (secondary N) is 1. The third-order valence-corrected chi connectivity index (χ3v) is 5.00. The van der Waals surface area contributed by atoms with Crippen molar-refractivity contribution in [3.63, 3.8) is 0 Å². The van der Waals surface area contributed by atoms with Gasteiger partial charge in [-0.3, -0.25) is 4.79 Å². The maximum Gasteiger partial charge on any atom is 0.246 e. The van der Waals surface area contributed by atoms with Crippen LogP contribution < -0.4 is 15.0 Å². The van der Waals surface area contributed by atoms with Crippen molar-refractivity contribution < 1.29 is 14.3 Å². The first-order valence-electron chi connectivity index (χ1n) is 9.93. The highest BCUT2D eigenvalue weighted by Gasteiger charge is 2.26. The zero-order valence-corrected chi connectivity index (χ0v) is 16.1. The Bertz CT molecular complexity index is 808. The van der Waals surface area contributed by atoms with E-state index in [4.69, 9.17) is 9.47 Å². The van der Waals surface area contributed by atoms with Gasteiger partial charge in [0.2, 0.25) is 5.91 Å². The van der Waals surface area contributed by atoms with Gasteiger partial charge in [0.1, 0.15) is 18.2 Å². The lowest BCUT2D eigenvalue weighted by Crippen LogP contribution is -2.39. The number of anilines is 1. The van der Waals surface area contributed by atoms with E-state index in [1.54, 1.807) is 12.4 Å². The van der Waals surface area contributed by atoms with Gasteiger partial charge in [-0.05, 0) is 38.3 Å². The predicted octanol–water partition coefficient (Wildman–Crippen LogP) is 2.88. The van der Waals surface area contributed by atoms with Gasteiger partial charge < -0.3 is 19.7 Å². The van der Waals surface area contributed by atoms with Gasteiger partial charge in [-0.25, -0.2) is 9.97 Å². The second-order valence-corrected chi connectivity index (χ2v) is 7.29. The molecule has 2 heterocycles. The van der Waals surface area contributed by atoms with Crippen LogP contribution in [0.5, 0.6) is 11.5 Å². The van der Waals surface area contributed by atoms with Crippen LogP contribution in [-0.4, -0.2) is 48.2 Å². The summed E-state index contributed by atoms with van der Waals surface area (Å²) in [6.45, 7) is 4.22. The summed E-state index contributed by atoms with van der Waals surface area (Å²) < 4.78 is 11.1. The Balaban J connectivity index is 1.34. The van der Waals surface area contributed by atoms with E-state index in [1.807, 2.05) is 25.1 Å². The summed E-state index contributed by atoms with van der Waals surface area (Å²) in [7, 11) is 0. The molecule has 4 rings (SSSR count). The highest BCUT2D eigenvalue weighted by Crippen LogP contribution is 2.38. The van der Waals surface area contributed by atoms with Crippen LogP contribution in [0.25, 0.3) is 0 Å². The van der Waals surface area contributed by atoms with Crippen molar-refractivity contribution in [1.29, 1.82) is 0 Å². The highest BCUT2D eigenvalue weighted by molar-refractivity contribution is 5.77. The smallest absolute Gasteiger partial charge is 0.246 e. The quantitative estimate of drug-likeness (QED) is 0.757. The second-order valence-electron chi connectivity index (χ2n) is 7.29. The Hall–Kier alpha value is -2.67. The molecule has 148 valence electrons. The largest absolute Gasteiger partial charge is 0.454 e. The standard InChI is InChI=1S/C21H26N4O3/c1-2-27-14-20(26)24-16-8-9-25(13-16)17-4-3-5-18(10-17)28-19-11-22-21(23-12-19)15-6-7-15/h3-5,10-12,15-16H,2,6-9,13-14H2,1H3,(H,24,26)/t16-/m0/s1. The average Bonchev–Trinajstić information content (AvgIpc) is 3.46. The molecule has 0 radical (unpaired) electrons. The molecule has 28 heavy (non-hydrogen) atoms. The summed E-state index contributed by atoms with van der Waals surface area (Å²) >= 11 is 0. The van der Waals surface area contributed by atoms with Crippen molar-refractivity contribution in [2.75, 3.05) is 31.2 Å². The molecule has 7 heteroatoms. The number of ether oxygens (including phenoxy) is 2. The van der Waals surface area contributed by atoms with Crippen molar-refractivity contribution in [1.82, 2.24) is 15.3 Å². The number of hydrogen-bond donors (Lipinski definition) is 1. The first-order valence-corrected chi connectivity index (χ1v) is 9.93. The van der Waals surface area contributed by atoms with Gasteiger partial charge in [-0.2, -0.15) is 0 Å². The van der Waals surface area contributed by atoms with Crippen molar-refractivity contribution in [3.05, 3.63) is 42.5 Å². The first kappa shape index (κ1) is 18.7. The van der Waals surface area contributed by atoms with Crippen LogP contribution in [0.3, 0.4) is 0 Å². The maximum absolute atomic E-state index is 11.8. The van der Waals surface area contributed by atoms with E-state index >= 15 is 0 Å². The fourth-order valence-electron chi connectivity index (χ4n) is 3.39. The normalized spacial score (nSPS) is 18.9. The van der Waals surface area contributed by atoms with Crippen molar-refractivity contribution in [3.8, 4) is 11.5 Å². The molecule has 0 spiro atoms. The Kier molecular flexibility index (Phi) is 5.71. The van der Waals surface area contributed by atoms with E-state index < -0.39 is 0 Å². The monoisotopic (exact) mass is 382 g/mol. The molecule has 1 amide bonds. The number of aromatic nitrogens is 2. The minimum atomic E-state index is -0.0552. The lowest BCUT2D eigenvalue weighted by Gasteiger charge is -2.20. The fraction of sp³-hybridized carbons (Fsp3) is 0.476. The molecule has 1 atom stereocenters. The van der Waals surface area contributed by atoms with Gasteiger partial charge in [-0.15, -0.1) is 0 Å². The summed E-state index contributed by atoms with van der Waals surface area (Å²) in [6, 6.07) is 8.12. The van der Waals surface area contributed by atoms with E-state index in [0.29, 0.717) is 18.3 Å². The van der Waals surface area contributed by atoms with Gasteiger partial charge >= 0.3 is 0 Å². The Morgan fingerprint density at radius 1 is 1.21 bits per heavy atom. The predicted molar refractivity (Wildman–Crippen MR) is 106 cm³/mol. The van der Waals surface area contributed by atoms with Crippen LogP contribution in [0.4, 0.5) is 5.69 Å². The van der Waals surface area contributed by atoms with Gasteiger partial charge in [0.25, 0.3) is 0 Å². The molecule has 1 aromatic carbocycles. The summed E-state index contributed by atoms with van der Waals surface area (Å²) in [5.74, 6) is 2.79. The lowest BCUT2D eigenvalue weighted by atomic mass is 10.2. The molecule has 1 saturated heterocycles. The molecule has 1 aromatic heterocycles. The summed E-state index contributed by atoms with van der Waals surface area (Å²) in [5.41, 5.74) is 1.08. The molecule has 0 bridgehead atoms. The molecule has 2 fully saturated rings. The molecule has 0 unspecified atom stereocenters. The van der Waals surface area contributed by atoms with Gasteiger partial charge in [0.05, 0.1) is 12.4 Å². The van der Waals surface area contributed by atoms with E-state index in [2.05, 4.69) is 26.3 Å². The van der Waals surface area contributed by atoms with E-state index in [0.717, 1.165) is 36.8 Å². The number of hydrogen-bond acceptors (Lipinski definition) is 6. The minimum absolute atomic E-state index is 0.0552. The van der Waals surface area contributed by atoms with Crippen LogP contribution in [-0.2, 0) is 9.53 Å². The van der Waals surface area contributed by atoms with Crippen molar-refractivity contribution in [2.45, 2.75) is 38.1 Å². The Morgan fingerprint density at radius 2 is 2.04 bits per heavy atom. The first-order chi connectivity index (χ1) is 13.7. The minimum Gasteiger partial charge on any atom is -0.454 e. The van der Waals surface area contributed by atoms with Gasteiger partial charge in [-0.1, -0.05) is 6.07 Å². The summed E-state index contributed by atoms with van der Waals surface area (Å²) in [6.07, 6.45) is 6.77. The van der Waals surface area contributed by atoms with Crippen LogP contribution in [0.15, 0.2) is 36.7 Å². The molecule has 2 aliphatic rings. The number of carbonyl (C=O) groups excluding carboxylic acids is 1. The average molecular weight is 382 g/mol. The highest BCUT2D eigenvalue weighted by atomic mass is 16.5. The van der Waals surface area contributed by atoms with Crippen LogP contribution in [0, 0.1) is 0 Å². The second kappa shape index (κ2) is 8.56. The maximum atomic E-state index is 11.8. The molecule has 1 aliphatic heterocycles. The number of amides is 1. The number of benzene rings is 1. The number of carbonyl (C=O) groups is 1. The molecular formula is C21H26N4O3. The van der Waals surface area contributed by atoms with Gasteiger partial charge in [0.15, 0.2) is 5.75 Å². The Morgan fingerprint density at radius 3 is 2.79 bits per heavy atom. The number of nitrogens with zero attached hydrogens (tertiary/aromatic N) is 3. The Labute approximate surface area is 165 Å². The summed E-state index contributed by atoms with van der Waals surface area (Å²) in [5, 5.41) is 3.03. The zero-order chi connectivity index (χ0) is 19.3. The van der Waals surface area contributed by atoms with Crippen LogP contribution in [0.1, 0.15) is 37.9 Å². The molecular weight excluding hydrogens is 356 g/mol. The summed E-state index contributed by atoms with van der Waals surface area (Å²) in [4.78, 5) is 22.9. The van der Waals surface area contributed by atoms with E-state index in [-0.39, 0.29) is 18.6 Å². The lowest BCUT2D eigenvalue weighted by molar-refractivity contribution is -0.126. The molecule has 7 nitrogen and oxygen atoms in total. The van der Waals surface area contributed by atoms with E-state index in [9.17, 15) is 4.79 Å². The van der Waals surface area contributed by atoms with Crippen molar-refractivity contribution in [2.24, 2.45) is 0 Å².